The maximum Gasteiger partial charge on any atom is 0.102 e. The Kier molecular flexibility index (Phi) is 4.55. The SMILES string of the molecule is CC(OCC(O)c1ccc(N)cc1)c1ccccc1. The smallest absolute Gasteiger partial charge is 0.102 e. The molecule has 0 aromatic heterocycles. The van der Waals surface area contributed by atoms with Crippen molar-refractivity contribution in [2.24, 2.45) is 0 Å². The maximum absolute atomic E-state index is 10.0. The Hall–Kier alpha value is -1.84. The van der Waals surface area contributed by atoms with Crippen LogP contribution in [0, 0.1) is 0 Å². The molecule has 100 valence electrons. The molecule has 3 heteroatoms. The van der Waals surface area contributed by atoms with E-state index < -0.39 is 6.10 Å². The summed E-state index contributed by atoms with van der Waals surface area (Å²) in [6, 6.07) is 17.1. The molecule has 2 aromatic carbocycles. The van der Waals surface area contributed by atoms with Crippen molar-refractivity contribution in [1.82, 2.24) is 0 Å². The monoisotopic (exact) mass is 257 g/mol. The van der Waals surface area contributed by atoms with Crippen LogP contribution in [-0.2, 0) is 4.74 Å². The van der Waals surface area contributed by atoms with Crippen molar-refractivity contribution in [2.75, 3.05) is 12.3 Å². The third-order valence-corrected chi connectivity index (χ3v) is 3.09. The van der Waals surface area contributed by atoms with Gasteiger partial charge >= 0.3 is 0 Å². The number of hydrogen-bond donors (Lipinski definition) is 2. The minimum absolute atomic E-state index is 0.0374. The lowest BCUT2D eigenvalue weighted by molar-refractivity contribution is -0.00359. The summed E-state index contributed by atoms with van der Waals surface area (Å²) in [5.74, 6) is 0. The normalized spacial score (nSPS) is 14.0. The predicted octanol–water partition coefficient (Wildman–Crippen LogP) is 3.08. The van der Waals surface area contributed by atoms with Crippen LogP contribution in [0.15, 0.2) is 54.6 Å². The van der Waals surface area contributed by atoms with E-state index in [4.69, 9.17) is 10.5 Å². The number of rotatable bonds is 5. The summed E-state index contributed by atoms with van der Waals surface area (Å²) in [5, 5.41) is 10.0. The second-order valence-corrected chi connectivity index (χ2v) is 4.57. The predicted molar refractivity (Wildman–Crippen MR) is 76.6 cm³/mol. The highest BCUT2D eigenvalue weighted by molar-refractivity contribution is 5.39. The molecule has 19 heavy (non-hydrogen) atoms. The van der Waals surface area contributed by atoms with Gasteiger partial charge in [-0.2, -0.15) is 0 Å². The summed E-state index contributed by atoms with van der Waals surface area (Å²) < 4.78 is 5.69. The topological polar surface area (TPSA) is 55.5 Å². The van der Waals surface area contributed by atoms with Gasteiger partial charge in [-0.15, -0.1) is 0 Å². The van der Waals surface area contributed by atoms with Gasteiger partial charge in [0.1, 0.15) is 6.10 Å². The number of anilines is 1. The van der Waals surface area contributed by atoms with E-state index >= 15 is 0 Å². The minimum Gasteiger partial charge on any atom is -0.399 e. The molecule has 0 aliphatic rings. The van der Waals surface area contributed by atoms with E-state index in [1.54, 1.807) is 12.1 Å². The molecule has 2 atom stereocenters. The lowest BCUT2D eigenvalue weighted by atomic mass is 10.1. The maximum atomic E-state index is 10.0. The molecule has 2 aromatic rings. The quantitative estimate of drug-likeness (QED) is 0.809. The first-order valence-corrected chi connectivity index (χ1v) is 6.37. The lowest BCUT2D eigenvalue weighted by Gasteiger charge is -2.17. The number of aliphatic hydroxyl groups is 1. The van der Waals surface area contributed by atoms with Crippen LogP contribution in [0.4, 0.5) is 5.69 Å². The van der Waals surface area contributed by atoms with E-state index in [2.05, 4.69) is 0 Å². The molecular weight excluding hydrogens is 238 g/mol. The number of nitrogens with two attached hydrogens (primary N) is 1. The van der Waals surface area contributed by atoms with Crippen LogP contribution in [-0.4, -0.2) is 11.7 Å². The average Bonchev–Trinajstić information content (AvgIpc) is 2.46. The summed E-state index contributed by atoms with van der Waals surface area (Å²) in [6.07, 6.45) is -0.670. The van der Waals surface area contributed by atoms with Crippen LogP contribution < -0.4 is 5.73 Å². The molecular formula is C16H19NO2. The Balaban J connectivity index is 1.90. The minimum atomic E-state index is -0.633. The van der Waals surface area contributed by atoms with E-state index in [0.29, 0.717) is 5.69 Å². The van der Waals surface area contributed by atoms with E-state index in [0.717, 1.165) is 11.1 Å². The van der Waals surface area contributed by atoms with Crippen molar-refractivity contribution in [3.63, 3.8) is 0 Å². The van der Waals surface area contributed by atoms with Crippen molar-refractivity contribution in [1.29, 1.82) is 0 Å². The van der Waals surface area contributed by atoms with Gasteiger partial charge in [0.2, 0.25) is 0 Å². The summed E-state index contributed by atoms with van der Waals surface area (Å²) in [7, 11) is 0. The Morgan fingerprint density at radius 3 is 2.26 bits per heavy atom. The first kappa shape index (κ1) is 13.6. The molecule has 0 radical (unpaired) electrons. The molecule has 0 saturated heterocycles. The molecule has 0 bridgehead atoms. The fourth-order valence-corrected chi connectivity index (χ4v) is 1.87. The standard InChI is InChI=1S/C16H19NO2/c1-12(13-5-3-2-4-6-13)19-11-16(18)14-7-9-15(17)10-8-14/h2-10,12,16,18H,11,17H2,1H3. The van der Waals surface area contributed by atoms with Gasteiger partial charge in [-0.3, -0.25) is 0 Å². The first-order valence-electron chi connectivity index (χ1n) is 6.37. The second kappa shape index (κ2) is 6.36. The molecule has 0 spiro atoms. The van der Waals surface area contributed by atoms with Crippen molar-refractivity contribution in [3.8, 4) is 0 Å². The highest BCUT2D eigenvalue weighted by Gasteiger charge is 2.11. The zero-order chi connectivity index (χ0) is 13.7. The van der Waals surface area contributed by atoms with Crippen molar-refractivity contribution < 1.29 is 9.84 Å². The van der Waals surface area contributed by atoms with Crippen LogP contribution in [0.3, 0.4) is 0 Å². The molecule has 0 fully saturated rings. The Bertz CT molecular complexity index is 496. The highest BCUT2D eigenvalue weighted by atomic mass is 16.5. The molecule has 0 aliphatic heterocycles. The van der Waals surface area contributed by atoms with Gasteiger partial charge in [0.15, 0.2) is 0 Å². The molecule has 2 rings (SSSR count). The molecule has 0 heterocycles. The Morgan fingerprint density at radius 2 is 1.63 bits per heavy atom. The second-order valence-electron chi connectivity index (χ2n) is 4.57. The molecule has 3 N–H and O–H groups in total. The van der Waals surface area contributed by atoms with Gasteiger partial charge < -0.3 is 15.6 Å². The fraction of sp³-hybridized carbons (Fsp3) is 0.250. The molecule has 3 nitrogen and oxygen atoms in total. The number of hydrogen-bond acceptors (Lipinski definition) is 3. The third-order valence-electron chi connectivity index (χ3n) is 3.09. The van der Waals surface area contributed by atoms with Gasteiger partial charge in [-0.05, 0) is 30.2 Å². The zero-order valence-corrected chi connectivity index (χ0v) is 11.0. The van der Waals surface area contributed by atoms with Gasteiger partial charge in [0.05, 0.1) is 12.7 Å². The van der Waals surface area contributed by atoms with Crippen LogP contribution in [0.5, 0.6) is 0 Å². The van der Waals surface area contributed by atoms with E-state index in [-0.39, 0.29) is 12.7 Å². The molecule has 0 amide bonds. The van der Waals surface area contributed by atoms with E-state index in [9.17, 15) is 5.11 Å². The van der Waals surface area contributed by atoms with E-state index in [1.807, 2.05) is 49.4 Å². The van der Waals surface area contributed by atoms with Crippen molar-refractivity contribution >= 4 is 5.69 Å². The number of nitrogen functional groups attached to an aromatic ring is 1. The number of benzene rings is 2. The molecule has 0 saturated carbocycles. The Labute approximate surface area is 113 Å². The lowest BCUT2D eigenvalue weighted by Crippen LogP contribution is -2.10. The van der Waals surface area contributed by atoms with Gasteiger partial charge in [-0.1, -0.05) is 42.5 Å². The fourth-order valence-electron chi connectivity index (χ4n) is 1.87. The Morgan fingerprint density at radius 1 is 1.00 bits per heavy atom. The van der Waals surface area contributed by atoms with Crippen LogP contribution in [0.25, 0.3) is 0 Å². The number of aliphatic hydroxyl groups excluding tert-OH is 1. The van der Waals surface area contributed by atoms with Crippen molar-refractivity contribution in [3.05, 3.63) is 65.7 Å². The van der Waals surface area contributed by atoms with Gasteiger partial charge in [0.25, 0.3) is 0 Å². The molecule has 2 unspecified atom stereocenters. The summed E-state index contributed by atoms with van der Waals surface area (Å²) in [5.41, 5.74) is 8.22. The van der Waals surface area contributed by atoms with Crippen LogP contribution >= 0.6 is 0 Å². The highest BCUT2D eigenvalue weighted by Crippen LogP contribution is 2.20. The van der Waals surface area contributed by atoms with Crippen LogP contribution in [0.1, 0.15) is 30.3 Å². The average molecular weight is 257 g/mol. The largest absolute Gasteiger partial charge is 0.399 e. The van der Waals surface area contributed by atoms with Crippen LogP contribution in [0.2, 0.25) is 0 Å². The third kappa shape index (κ3) is 3.81. The summed E-state index contributed by atoms with van der Waals surface area (Å²) in [4.78, 5) is 0. The van der Waals surface area contributed by atoms with E-state index in [1.165, 1.54) is 0 Å². The first-order chi connectivity index (χ1) is 9.16. The number of ether oxygens (including phenoxy) is 1. The summed E-state index contributed by atoms with van der Waals surface area (Å²) in [6.45, 7) is 2.24. The van der Waals surface area contributed by atoms with Gasteiger partial charge in [0, 0.05) is 5.69 Å². The molecule has 0 aliphatic carbocycles. The zero-order valence-electron chi connectivity index (χ0n) is 11.0. The van der Waals surface area contributed by atoms with Crippen molar-refractivity contribution in [2.45, 2.75) is 19.1 Å². The summed E-state index contributed by atoms with van der Waals surface area (Å²) >= 11 is 0. The van der Waals surface area contributed by atoms with Gasteiger partial charge in [-0.25, -0.2) is 0 Å².